The summed E-state index contributed by atoms with van der Waals surface area (Å²) in [5.74, 6) is -8.51. The van der Waals surface area contributed by atoms with Crippen LogP contribution in [0.1, 0.15) is 148 Å². The molecule has 0 aliphatic carbocycles. The molecule has 4 aromatic carbocycles. The van der Waals surface area contributed by atoms with E-state index in [-0.39, 0.29) is 11.3 Å². The first-order chi connectivity index (χ1) is 27.6. The van der Waals surface area contributed by atoms with Crippen molar-refractivity contribution in [2.24, 2.45) is 0 Å². The monoisotopic (exact) mass is 788 g/mol. The second-order valence-electron chi connectivity index (χ2n) is 14.4. The van der Waals surface area contributed by atoms with Crippen molar-refractivity contribution in [3.05, 3.63) is 113 Å². The van der Waals surface area contributed by atoms with Crippen molar-refractivity contribution in [1.82, 2.24) is 0 Å². The van der Waals surface area contributed by atoms with Gasteiger partial charge in [-0.05, 0) is 85.8 Å². The van der Waals surface area contributed by atoms with Gasteiger partial charge in [0.25, 0.3) is 0 Å². The SMILES string of the molecule is CCCCCCCCCCCCOc1ccc(-c2ccc(C(=O)Oc3ccc(C(=O)Oc4cc(C(=O)O[C@@H](C)CCCCCC)c(F)c(F)c4F)cc3)cc2)cc1. The third kappa shape index (κ3) is 14.4. The lowest BCUT2D eigenvalue weighted by Crippen LogP contribution is -2.18. The van der Waals surface area contributed by atoms with Gasteiger partial charge < -0.3 is 18.9 Å². The zero-order chi connectivity index (χ0) is 41.0. The molecule has 0 fully saturated rings. The number of unbranched alkanes of at least 4 members (excludes halogenated alkanes) is 12. The number of carbonyl (C=O) groups is 3. The Morgan fingerprint density at radius 3 is 1.58 bits per heavy atom. The van der Waals surface area contributed by atoms with Crippen LogP contribution >= 0.6 is 0 Å². The van der Waals surface area contributed by atoms with Gasteiger partial charge in [0, 0.05) is 6.07 Å². The average molecular weight is 789 g/mol. The number of hydrogen-bond donors (Lipinski definition) is 0. The van der Waals surface area contributed by atoms with E-state index in [1.165, 1.54) is 82.1 Å². The molecule has 7 nitrogen and oxygen atoms in total. The van der Waals surface area contributed by atoms with Gasteiger partial charge in [-0.1, -0.05) is 115 Å². The molecule has 0 aliphatic rings. The lowest BCUT2D eigenvalue weighted by Gasteiger charge is -2.15. The van der Waals surface area contributed by atoms with Crippen LogP contribution in [0, 0.1) is 17.5 Å². The molecule has 1 atom stereocenters. The highest BCUT2D eigenvalue weighted by Crippen LogP contribution is 2.28. The summed E-state index contributed by atoms with van der Waals surface area (Å²) < 4.78 is 65.2. The number of ether oxygens (including phenoxy) is 4. The molecule has 10 heteroatoms. The number of esters is 3. The summed E-state index contributed by atoms with van der Waals surface area (Å²) in [7, 11) is 0. The summed E-state index contributed by atoms with van der Waals surface area (Å²) in [5, 5.41) is 0. The van der Waals surface area contributed by atoms with Crippen LogP contribution in [-0.4, -0.2) is 30.6 Å². The van der Waals surface area contributed by atoms with Gasteiger partial charge in [-0.25, -0.2) is 23.2 Å². The highest BCUT2D eigenvalue weighted by molar-refractivity contribution is 5.94. The van der Waals surface area contributed by atoms with Gasteiger partial charge in [0.1, 0.15) is 17.1 Å². The van der Waals surface area contributed by atoms with Crippen molar-refractivity contribution < 1.29 is 46.5 Å². The fourth-order valence-electron chi connectivity index (χ4n) is 6.27. The molecule has 0 bridgehead atoms. The van der Waals surface area contributed by atoms with Crippen LogP contribution in [0.5, 0.6) is 17.2 Å². The second kappa shape index (κ2) is 23.8. The predicted octanol–water partition coefficient (Wildman–Crippen LogP) is 13.0. The Hall–Kier alpha value is -5.12. The first-order valence-corrected chi connectivity index (χ1v) is 20.4. The normalized spacial score (nSPS) is 11.5. The molecule has 4 aromatic rings. The molecule has 0 heterocycles. The van der Waals surface area contributed by atoms with E-state index in [2.05, 4.69) is 13.8 Å². The summed E-state index contributed by atoms with van der Waals surface area (Å²) in [6, 6.07) is 20.5. The fourth-order valence-corrected chi connectivity index (χ4v) is 6.27. The van der Waals surface area contributed by atoms with Crippen LogP contribution < -0.4 is 14.2 Å². The third-order valence-electron chi connectivity index (χ3n) is 9.68. The number of benzene rings is 4. The number of hydrogen-bond acceptors (Lipinski definition) is 7. The fraction of sp³-hybridized carbons (Fsp3) is 0.426. The van der Waals surface area contributed by atoms with E-state index in [0.29, 0.717) is 24.7 Å². The van der Waals surface area contributed by atoms with Crippen molar-refractivity contribution in [1.29, 1.82) is 0 Å². The maximum atomic E-state index is 14.6. The highest BCUT2D eigenvalue weighted by atomic mass is 19.2. The van der Waals surface area contributed by atoms with E-state index in [1.54, 1.807) is 19.1 Å². The Kier molecular flexibility index (Phi) is 18.6. The Bertz CT molecular complexity index is 1860. The third-order valence-corrected chi connectivity index (χ3v) is 9.68. The van der Waals surface area contributed by atoms with Gasteiger partial charge in [-0.15, -0.1) is 0 Å². The van der Waals surface area contributed by atoms with Gasteiger partial charge in [-0.3, -0.25) is 0 Å². The minimum atomic E-state index is -1.98. The molecule has 0 radical (unpaired) electrons. The topological polar surface area (TPSA) is 88.1 Å². The molecule has 306 valence electrons. The molecular weight excluding hydrogens is 734 g/mol. The summed E-state index contributed by atoms with van der Waals surface area (Å²) in [5.41, 5.74) is 1.16. The molecule has 0 N–H and O–H groups in total. The quantitative estimate of drug-likeness (QED) is 0.0302. The van der Waals surface area contributed by atoms with E-state index in [9.17, 15) is 27.6 Å². The van der Waals surface area contributed by atoms with Crippen LogP contribution in [0.4, 0.5) is 13.2 Å². The number of rotatable bonds is 24. The first-order valence-electron chi connectivity index (χ1n) is 20.4. The molecule has 0 unspecified atom stereocenters. The van der Waals surface area contributed by atoms with E-state index in [1.807, 2.05) is 36.4 Å². The smallest absolute Gasteiger partial charge is 0.343 e. The maximum Gasteiger partial charge on any atom is 0.343 e. The minimum Gasteiger partial charge on any atom is -0.494 e. The maximum absolute atomic E-state index is 14.6. The molecular formula is C47H55F3O7. The van der Waals surface area contributed by atoms with Crippen molar-refractivity contribution >= 4 is 17.9 Å². The van der Waals surface area contributed by atoms with E-state index in [0.717, 1.165) is 49.0 Å². The lowest BCUT2D eigenvalue weighted by atomic mass is 10.0. The molecule has 0 aliphatic heterocycles. The Labute approximate surface area is 334 Å². The predicted molar refractivity (Wildman–Crippen MR) is 216 cm³/mol. The second-order valence-corrected chi connectivity index (χ2v) is 14.4. The van der Waals surface area contributed by atoms with Gasteiger partial charge >= 0.3 is 17.9 Å². The van der Waals surface area contributed by atoms with Crippen LogP contribution in [0.25, 0.3) is 11.1 Å². The molecule has 0 amide bonds. The largest absolute Gasteiger partial charge is 0.494 e. The molecule has 0 saturated heterocycles. The van der Waals surface area contributed by atoms with Crippen LogP contribution in [0.15, 0.2) is 78.9 Å². The van der Waals surface area contributed by atoms with Gasteiger partial charge in [0.15, 0.2) is 17.4 Å². The van der Waals surface area contributed by atoms with E-state index in [4.69, 9.17) is 18.9 Å². The standard InChI is InChI=1S/C47H55F3O7/c1-4-6-8-10-11-12-13-14-15-17-31-54-38-27-23-35(24-28-38)34-19-21-36(22-20-34)45(51)56-39-29-25-37(26-30-39)46(52)57-41-32-40(42(48)44(50)43(41)49)47(53)55-33(3)18-16-9-7-5-2/h19-30,32-33H,4-18,31H2,1-3H3/t33-/m0/s1. The van der Waals surface area contributed by atoms with Gasteiger partial charge in [0.05, 0.1) is 23.8 Å². The van der Waals surface area contributed by atoms with Crippen molar-refractivity contribution in [3.63, 3.8) is 0 Å². The van der Waals surface area contributed by atoms with Gasteiger partial charge in [0.2, 0.25) is 5.82 Å². The Morgan fingerprint density at radius 1 is 0.526 bits per heavy atom. The van der Waals surface area contributed by atoms with Crippen LogP contribution in [0.3, 0.4) is 0 Å². The highest BCUT2D eigenvalue weighted by Gasteiger charge is 2.27. The summed E-state index contributed by atoms with van der Waals surface area (Å²) in [6.45, 7) is 6.61. The summed E-state index contributed by atoms with van der Waals surface area (Å²) >= 11 is 0. The number of halogens is 3. The van der Waals surface area contributed by atoms with Crippen molar-refractivity contribution in [2.45, 2.75) is 123 Å². The first kappa shape index (κ1) is 44.6. The minimum absolute atomic E-state index is 0.108. The Morgan fingerprint density at radius 2 is 1.00 bits per heavy atom. The zero-order valence-electron chi connectivity index (χ0n) is 33.4. The molecule has 4 rings (SSSR count). The van der Waals surface area contributed by atoms with Crippen molar-refractivity contribution in [2.75, 3.05) is 6.61 Å². The number of carbonyl (C=O) groups excluding carboxylic acids is 3. The van der Waals surface area contributed by atoms with E-state index < -0.39 is 52.8 Å². The molecule has 57 heavy (non-hydrogen) atoms. The zero-order valence-corrected chi connectivity index (χ0v) is 33.4. The average Bonchev–Trinajstić information content (AvgIpc) is 3.22. The molecule has 0 spiro atoms. The summed E-state index contributed by atoms with van der Waals surface area (Å²) in [4.78, 5) is 38.3. The van der Waals surface area contributed by atoms with Crippen LogP contribution in [0.2, 0.25) is 0 Å². The Balaban J connectivity index is 1.24. The van der Waals surface area contributed by atoms with E-state index >= 15 is 0 Å². The van der Waals surface area contributed by atoms with Crippen LogP contribution in [-0.2, 0) is 4.74 Å². The molecule has 0 aromatic heterocycles. The van der Waals surface area contributed by atoms with Gasteiger partial charge in [-0.2, -0.15) is 4.39 Å². The lowest BCUT2D eigenvalue weighted by molar-refractivity contribution is 0.0311. The van der Waals surface area contributed by atoms with Crippen molar-refractivity contribution in [3.8, 4) is 28.4 Å². The summed E-state index contributed by atoms with van der Waals surface area (Å²) in [6.07, 6.45) is 16.4. The molecule has 0 saturated carbocycles.